The molecule has 2 aromatic carbocycles. The molecular weight excluding hydrogens is 442 g/mol. The number of benzene rings is 2. The molecule has 0 bridgehead atoms. The first-order valence-electron chi connectivity index (χ1n) is 8.79. The summed E-state index contributed by atoms with van der Waals surface area (Å²) in [6.07, 6.45) is 0.389. The monoisotopic (exact) mass is 463 g/mol. The standard InChI is InChI=1S/C20H22BrN3O3S/c1-4-18(25)23-16-11-14(8-6-12(16)3)22-20(28)24-19(26)15-10-13(21)7-9-17(15)27-5-2/h6-11H,4-5H2,1-3H3,(H,23,25)(H2,22,24,26,28). The lowest BCUT2D eigenvalue weighted by molar-refractivity contribution is -0.115. The van der Waals surface area contributed by atoms with Gasteiger partial charge in [0.25, 0.3) is 5.91 Å². The average Bonchev–Trinajstić information content (AvgIpc) is 2.65. The zero-order chi connectivity index (χ0) is 20.7. The van der Waals surface area contributed by atoms with Crippen molar-refractivity contribution in [1.82, 2.24) is 5.32 Å². The normalized spacial score (nSPS) is 10.1. The minimum absolute atomic E-state index is 0.0748. The Bertz CT molecular complexity index is 902. The van der Waals surface area contributed by atoms with Crippen molar-refractivity contribution in [3.05, 3.63) is 52.0 Å². The van der Waals surface area contributed by atoms with Gasteiger partial charge in [-0.05, 0) is 62.0 Å². The second-order valence-electron chi connectivity index (χ2n) is 5.91. The molecule has 0 saturated carbocycles. The minimum Gasteiger partial charge on any atom is -0.493 e. The lowest BCUT2D eigenvalue weighted by atomic mass is 10.1. The summed E-state index contributed by atoms with van der Waals surface area (Å²) in [5.41, 5.74) is 2.65. The molecule has 0 aromatic heterocycles. The van der Waals surface area contributed by atoms with Gasteiger partial charge >= 0.3 is 0 Å². The van der Waals surface area contributed by atoms with Crippen LogP contribution in [-0.2, 0) is 4.79 Å². The van der Waals surface area contributed by atoms with Gasteiger partial charge in [0.2, 0.25) is 5.91 Å². The summed E-state index contributed by atoms with van der Waals surface area (Å²) in [6.45, 7) is 5.98. The number of anilines is 2. The van der Waals surface area contributed by atoms with Crippen LogP contribution in [0.1, 0.15) is 36.2 Å². The number of thiocarbonyl (C=S) groups is 1. The van der Waals surface area contributed by atoms with Gasteiger partial charge in [0.05, 0.1) is 12.2 Å². The summed E-state index contributed by atoms with van der Waals surface area (Å²) in [5.74, 6) is 0.0222. The van der Waals surface area contributed by atoms with Gasteiger partial charge in [0, 0.05) is 22.3 Å². The molecule has 28 heavy (non-hydrogen) atoms. The molecule has 0 atom stereocenters. The van der Waals surface area contributed by atoms with Crippen LogP contribution in [0.2, 0.25) is 0 Å². The van der Waals surface area contributed by atoms with E-state index >= 15 is 0 Å². The van der Waals surface area contributed by atoms with Crippen molar-refractivity contribution in [1.29, 1.82) is 0 Å². The van der Waals surface area contributed by atoms with E-state index in [1.165, 1.54) is 0 Å². The van der Waals surface area contributed by atoms with E-state index in [1.807, 2.05) is 26.0 Å². The summed E-state index contributed by atoms with van der Waals surface area (Å²) >= 11 is 8.61. The fourth-order valence-corrected chi connectivity index (χ4v) is 2.94. The molecule has 8 heteroatoms. The van der Waals surface area contributed by atoms with E-state index in [0.29, 0.717) is 35.7 Å². The van der Waals surface area contributed by atoms with Crippen molar-refractivity contribution in [3.63, 3.8) is 0 Å². The van der Waals surface area contributed by atoms with Crippen LogP contribution in [0, 0.1) is 6.92 Å². The van der Waals surface area contributed by atoms with Crippen LogP contribution in [0.25, 0.3) is 0 Å². The third-order valence-corrected chi connectivity index (χ3v) is 4.50. The first-order chi connectivity index (χ1) is 13.3. The molecule has 0 aliphatic heterocycles. The third-order valence-electron chi connectivity index (χ3n) is 3.80. The molecule has 148 valence electrons. The van der Waals surface area contributed by atoms with Gasteiger partial charge < -0.3 is 15.4 Å². The van der Waals surface area contributed by atoms with Gasteiger partial charge in [0.15, 0.2) is 5.11 Å². The number of amides is 2. The fraction of sp³-hybridized carbons (Fsp3) is 0.250. The van der Waals surface area contributed by atoms with Gasteiger partial charge in [-0.2, -0.15) is 0 Å². The predicted molar refractivity (Wildman–Crippen MR) is 119 cm³/mol. The highest BCUT2D eigenvalue weighted by Gasteiger charge is 2.15. The van der Waals surface area contributed by atoms with Gasteiger partial charge in [-0.3, -0.25) is 14.9 Å². The van der Waals surface area contributed by atoms with E-state index in [1.54, 1.807) is 31.2 Å². The zero-order valence-electron chi connectivity index (χ0n) is 15.9. The maximum absolute atomic E-state index is 12.6. The van der Waals surface area contributed by atoms with Crippen LogP contribution >= 0.6 is 28.1 Å². The summed E-state index contributed by atoms with van der Waals surface area (Å²) < 4.78 is 6.26. The number of carbonyl (C=O) groups is 2. The number of hydrogen-bond donors (Lipinski definition) is 3. The fourth-order valence-electron chi connectivity index (χ4n) is 2.37. The van der Waals surface area contributed by atoms with Gasteiger partial charge in [-0.1, -0.05) is 28.9 Å². The minimum atomic E-state index is -0.381. The largest absolute Gasteiger partial charge is 0.493 e. The van der Waals surface area contributed by atoms with Crippen LogP contribution in [-0.4, -0.2) is 23.5 Å². The van der Waals surface area contributed by atoms with Crippen LogP contribution in [0.3, 0.4) is 0 Å². The Labute approximate surface area is 178 Å². The van der Waals surface area contributed by atoms with Gasteiger partial charge in [0.1, 0.15) is 5.75 Å². The highest BCUT2D eigenvalue weighted by molar-refractivity contribution is 9.10. The maximum atomic E-state index is 12.6. The molecule has 0 aliphatic rings. The highest BCUT2D eigenvalue weighted by atomic mass is 79.9. The van der Waals surface area contributed by atoms with Crippen molar-refractivity contribution in [2.45, 2.75) is 27.2 Å². The molecule has 0 unspecified atom stereocenters. The zero-order valence-corrected chi connectivity index (χ0v) is 18.3. The van der Waals surface area contributed by atoms with E-state index in [-0.39, 0.29) is 16.9 Å². The summed E-state index contributed by atoms with van der Waals surface area (Å²) in [4.78, 5) is 24.3. The van der Waals surface area contributed by atoms with Crippen LogP contribution in [0.4, 0.5) is 11.4 Å². The van der Waals surface area contributed by atoms with Crippen molar-refractivity contribution in [2.24, 2.45) is 0 Å². The number of halogens is 1. The molecule has 2 amide bonds. The molecule has 0 radical (unpaired) electrons. The molecular formula is C20H22BrN3O3S. The lowest BCUT2D eigenvalue weighted by Gasteiger charge is -2.14. The van der Waals surface area contributed by atoms with E-state index in [2.05, 4.69) is 31.9 Å². The number of carbonyl (C=O) groups excluding carboxylic acids is 2. The van der Waals surface area contributed by atoms with Crippen molar-refractivity contribution in [2.75, 3.05) is 17.2 Å². The molecule has 0 fully saturated rings. The maximum Gasteiger partial charge on any atom is 0.261 e. The number of rotatable bonds is 6. The van der Waals surface area contributed by atoms with Gasteiger partial charge in [-0.15, -0.1) is 0 Å². The Balaban J connectivity index is 2.10. The molecule has 6 nitrogen and oxygen atoms in total. The second-order valence-corrected chi connectivity index (χ2v) is 7.24. The smallest absolute Gasteiger partial charge is 0.261 e. The summed E-state index contributed by atoms with van der Waals surface area (Å²) in [7, 11) is 0. The third kappa shape index (κ3) is 6.03. The number of hydrogen-bond acceptors (Lipinski definition) is 4. The second kappa shape index (κ2) is 10.2. The van der Waals surface area contributed by atoms with Crippen molar-refractivity contribution < 1.29 is 14.3 Å². The summed E-state index contributed by atoms with van der Waals surface area (Å²) in [5, 5.41) is 8.59. The van der Waals surface area contributed by atoms with Crippen molar-refractivity contribution in [3.8, 4) is 5.75 Å². The van der Waals surface area contributed by atoms with E-state index in [9.17, 15) is 9.59 Å². The lowest BCUT2D eigenvalue weighted by Crippen LogP contribution is -2.34. The topological polar surface area (TPSA) is 79.5 Å². The van der Waals surface area contributed by atoms with E-state index in [0.717, 1.165) is 10.0 Å². The molecule has 3 N–H and O–H groups in total. The number of nitrogens with one attached hydrogen (secondary N) is 3. The molecule has 0 aliphatic carbocycles. The predicted octanol–water partition coefficient (Wildman–Crippen LogP) is 4.63. The van der Waals surface area contributed by atoms with Crippen LogP contribution in [0.15, 0.2) is 40.9 Å². The number of aryl methyl sites for hydroxylation is 1. The molecule has 2 aromatic rings. The SMILES string of the molecule is CCOc1ccc(Br)cc1C(=O)NC(=S)Nc1ccc(C)c(NC(=O)CC)c1. The van der Waals surface area contributed by atoms with Crippen LogP contribution < -0.4 is 20.7 Å². The van der Waals surface area contributed by atoms with Crippen molar-refractivity contribution >= 4 is 56.4 Å². The van der Waals surface area contributed by atoms with E-state index < -0.39 is 0 Å². The van der Waals surface area contributed by atoms with Gasteiger partial charge in [-0.25, -0.2) is 0 Å². The first-order valence-corrected chi connectivity index (χ1v) is 9.99. The Hall–Kier alpha value is -2.45. The molecule has 0 saturated heterocycles. The molecule has 2 rings (SSSR count). The Kier molecular flexibility index (Phi) is 7.95. The molecule has 0 heterocycles. The highest BCUT2D eigenvalue weighted by Crippen LogP contribution is 2.24. The molecule has 0 spiro atoms. The first kappa shape index (κ1) is 21.8. The Morgan fingerprint density at radius 3 is 2.54 bits per heavy atom. The Morgan fingerprint density at radius 1 is 1.11 bits per heavy atom. The quantitative estimate of drug-likeness (QED) is 0.544. The van der Waals surface area contributed by atoms with E-state index in [4.69, 9.17) is 17.0 Å². The number of ether oxygens (including phenoxy) is 1. The Morgan fingerprint density at radius 2 is 1.86 bits per heavy atom. The average molecular weight is 464 g/mol. The van der Waals surface area contributed by atoms with Crippen LogP contribution in [0.5, 0.6) is 5.75 Å². The summed E-state index contributed by atoms with van der Waals surface area (Å²) in [6, 6.07) is 10.7.